The van der Waals surface area contributed by atoms with E-state index < -0.39 is 5.54 Å². The molecule has 5 heteroatoms. The van der Waals surface area contributed by atoms with E-state index in [-0.39, 0.29) is 30.7 Å². The first kappa shape index (κ1) is 16.5. The molecule has 2 aliphatic rings. The number of ether oxygens (including phenoxy) is 1. The zero-order chi connectivity index (χ0) is 18.1. The predicted octanol–water partition coefficient (Wildman–Crippen LogP) is 3.27. The third kappa shape index (κ3) is 2.60. The topological polar surface area (TPSA) is 63.7 Å². The Bertz CT molecular complexity index is 877. The summed E-state index contributed by atoms with van der Waals surface area (Å²) in [5, 5.41) is 0. The maximum Gasteiger partial charge on any atom is 0.306 e. The second-order valence-electron chi connectivity index (χ2n) is 6.75. The molecule has 1 unspecified atom stereocenters. The van der Waals surface area contributed by atoms with E-state index in [2.05, 4.69) is 0 Å². The molecule has 0 bridgehead atoms. The van der Waals surface area contributed by atoms with Crippen LogP contribution in [-0.4, -0.2) is 23.2 Å². The van der Waals surface area contributed by atoms with Gasteiger partial charge in [-0.3, -0.25) is 19.3 Å². The Morgan fingerprint density at radius 3 is 2.58 bits per heavy atom. The van der Waals surface area contributed by atoms with Gasteiger partial charge >= 0.3 is 5.97 Å². The van der Waals surface area contributed by atoms with E-state index in [9.17, 15) is 14.4 Å². The Morgan fingerprint density at radius 2 is 1.77 bits per heavy atom. The zero-order valence-corrected chi connectivity index (χ0v) is 14.3. The van der Waals surface area contributed by atoms with Crippen LogP contribution in [0.15, 0.2) is 54.6 Å². The molecule has 0 saturated carbocycles. The monoisotopic (exact) mass is 349 g/mol. The van der Waals surface area contributed by atoms with Crippen molar-refractivity contribution in [1.29, 1.82) is 0 Å². The van der Waals surface area contributed by atoms with Crippen LogP contribution < -0.4 is 4.90 Å². The van der Waals surface area contributed by atoms with E-state index in [1.807, 2.05) is 36.4 Å². The van der Waals surface area contributed by atoms with Crippen LogP contribution in [0.2, 0.25) is 0 Å². The van der Waals surface area contributed by atoms with E-state index in [1.54, 1.807) is 23.1 Å². The SMILES string of the molecule is O=C(CCC12CCC(=O)N1c1ccccc1C2=O)OCc1ccccc1. The Hall–Kier alpha value is -2.95. The van der Waals surface area contributed by atoms with Crippen LogP contribution in [0, 0.1) is 0 Å². The fourth-order valence-corrected chi connectivity index (χ4v) is 3.94. The number of esters is 1. The summed E-state index contributed by atoms with van der Waals surface area (Å²) in [5.41, 5.74) is 1.23. The lowest BCUT2D eigenvalue weighted by Crippen LogP contribution is -2.47. The molecule has 132 valence electrons. The molecular formula is C21H19NO4. The van der Waals surface area contributed by atoms with Crippen molar-refractivity contribution in [2.45, 2.75) is 37.8 Å². The molecule has 0 aromatic heterocycles. The van der Waals surface area contributed by atoms with Gasteiger partial charge in [-0.25, -0.2) is 0 Å². The zero-order valence-electron chi connectivity index (χ0n) is 14.3. The number of carbonyl (C=O) groups is 3. The Labute approximate surface area is 151 Å². The Kier molecular flexibility index (Phi) is 4.07. The third-order valence-corrected chi connectivity index (χ3v) is 5.23. The molecule has 1 fully saturated rings. The largest absolute Gasteiger partial charge is 0.461 e. The average molecular weight is 349 g/mol. The van der Waals surface area contributed by atoms with Crippen LogP contribution in [0.5, 0.6) is 0 Å². The summed E-state index contributed by atoms with van der Waals surface area (Å²) < 4.78 is 5.32. The summed E-state index contributed by atoms with van der Waals surface area (Å²) in [6, 6.07) is 16.6. The number of benzene rings is 2. The highest BCUT2D eigenvalue weighted by molar-refractivity contribution is 6.22. The molecule has 1 amide bonds. The quantitative estimate of drug-likeness (QED) is 0.777. The lowest BCUT2D eigenvalue weighted by atomic mass is 9.86. The van der Waals surface area contributed by atoms with Gasteiger partial charge in [0.05, 0.1) is 5.69 Å². The van der Waals surface area contributed by atoms with Crippen molar-refractivity contribution in [3.05, 3.63) is 65.7 Å². The van der Waals surface area contributed by atoms with E-state index in [0.29, 0.717) is 30.5 Å². The van der Waals surface area contributed by atoms with Crippen LogP contribution >= 0.6 is 0 Å². The Balaban J connectivity index is 1.46. The Morgan fingerprint density at radius 1 is 1.04 bits per heavy atom. The lowest BCUT2D eigenvalue weighted by molar-refractivity contribution is -0.145. The molecule has 2 heterocycles. The fraction of sp³-hybridized carbons (Fsp3) is 0.286. The van der Waals surface area contributed by atoms with Gasteiger partial charge in [0.25, 0.3) is 0 Å². The van der Waals surface area contributed by atoms with Crippen molar-refractivity contribution in [1.82, 2.24) is 0 Å². The number of rotatable bonds is 5. The minimum absolute atomic E-state index is 0.0547. The van der Waals surface area contributed by atoms with Gasteiger partial charge in [-0.05, 0) is 30.5 Å². The molecule has 0 N–H and O–H groups in total. The van der Waals surface area contributed by atoms with Crippen LogP contribution in [0.4, 0.5) is 5.69 Å². The van der Waals surface area contributed by atoms with Crippen molar-refractivity contribution in [3.8, 4) is 0 Å². The van der Waals surface area contributed by atoms with Gasteiger partial charge in [-0.2, -0.15) is 0 Å². The highest BCUT2D eigenvalue weighted by atomic mass is 16.5. The second-order valence-corrected chi connectivity index (χ2v) is 6.75. The summed E-state index contributed by atoms with van der Waals surface area (Å²) in [4.78, 5) is 39.2. The molecule has 2 aromatic carbocycles. The number of nitrogens with zero attached hydrogens (tertiary/aromatic N) is 1. The number of para-hydroxylation sites is 1. The number of ketones is 1. The molecule has 5 nitrogen and oxygen atoms in total. The van der Waals surface area contributed by atoms with E-state index in [1.165, 1.54) is 0 Å². The first-order chi connectivity index (χ1) is 12.6. The van der Waals surface area contributed by atoms with E-state index >= 15 is 0 Å². The number of hydrogen-bond donors (Lipinski definition) is 0. The van der Waals surface area contributed by atoms with Gasteiger partial charge in [-0.1, -0.05) is 42.5 Å². The van der Waals surface area contributed by atoms with E-state index in [0.717, 1.165) is 5.56 Å². The molecular weight excluding hydrogens is 330 g/mol. The summed E-state index contributed by atoms with van der Waals surface area (Å²) in [5.74, 6) is -0.470. The predicted molar refractivity (Wildman–Crippen MR) is 95.7 cm³/mol. The smallest absolute Gasteiger partial charge is 0.306 e. The van der Waals surface area contributed by atoms with Gasteiger partial charge in [0, 0.05) is 18.4 Å². The fourth-order valence-electron chi connectivity index (χ4n) is 3.94. The number of hydrogen-bond acceptors (Lipinski definition) is 4. The van der Waals surface area contributed by atoms with Crippen molar-refractivity contribution in [2.75, 3.05) is 4.90 Å². The van der Waals surface area contributed by atoms with Crippen LogP contribution in [0.1, 0.15) is 41.6 Å². The van der Waals surface area contributed by atoms with Gasteiger partial charge < -0.3 is 4.74 Å². The second kappa shape index (κ2) is 6.41. The van der Waals surface area contributed by atoms with Crippen LogP contribution in [-0.2, 0) is 20.9 Å². The maximum absolute atomic E-state index is 13.0. The van der Waals surface area contributed by atoms with Gasteiger partial charge in [-0.15, -0.1) is 0 Å². The molecule has 26 heavy (non-hydrogen) atoms. The number of fused-ring (bicyclic) bond motifs is 3. The molecule has 0 aliphatic carbocycles. The highest BCUT2D eigenvalue weighted by Gasteiger charge is 2.57. The number of carbonyl (C=O) groups excluding carboxylic acids is 3. The number of amides is 1. The third-order valence-electron chi connectivity index (χ3n) is 5.23. The van der Waals surface area contributed by atoms with Crippen molar-refractivity contribution >= 4 is 23.3 Å². The average Bonchev–Trinajstić information content (AvgIpc) is 3.14. The van der Waals surface area contributed by atoms with Crippen molar-refractivity contribution in [3.63, 3.8) is 0 Å². The molecule has 0 radical (unpaired) electrons. The molecule has 0 spiro atoms. The standard InChI is InChI=1S/C21H19NO4/c23-18-10-12-21(20(25)16-8-4-5-9-17(16)22(18)21)13-11-19(24)26-14-15-6-2-1-3-7-15/h1-9H,10-14H2. The first-order valence-electron chi connectivity index (χ1n) is 8.78. The molecule has 2 aromatic rings. The summed E-state index contributed by atoms with van der Waals surface area (Å²) in [6.45, 7) is 0.212. The molecule has 1 atom stereocenters. The number of Topliss-reactive ketones (excluding diaryl/α,β-unsaturated/α-hetero) is 1. The summed E-state index contributed by atoms with van der Waals surface area (Å²) in [6.07, 6.45) is 1.18. The van der Waals surface area contributed by atoms with Crippen LogP contribution in [0.25, 0.3) is 0 Å². The van der Waals surface area contributed by atoms with Gasteiger partial charge in [0.2, 0.25) is 5.91 Å². The normalized spacial score (nSPS) is 20.8. The van der Waals surface area contributed by atoms with Gasteiger partial charge in [0.15, 0.2) is 5.78 Å². The molecule has 4 rings (SSSR count). The minimum Gasteiger partial charge on any atom is -0.461 e. The van der Waals surface area contributed by atoms with Gasteiger partial charge in [0.1, 0.15) is 12.1 Å². The van der Waals surface area contributed by atoms with E-state index in [4.69, 9.17) is 4.74 Å². The molecule has 2 aliphatic heterocycles. The highest BCUT2D eigenvalue weighted by Crippen LogP contribution is 2.48. The van der Waals surface area contributed by atoms with Crippen LogP contribution in [0.3, 0.4) is 0 Å². The number of anilines is 1. The lowest BCUT2D eigenvalue weighted by Gasteiger charge is -2.30. The minimum atomic E-state index is -0.924. The maximum atomic E-state index is 13.0. The summed E-state index contributed by atoms with van der Waals surface area (Å²) in [7, 11) is 0. The van der Waals surface area contributed by atoms with Crippen molar-refractivity contribution in [2.24, 2.45) is 0 Å². The first-order valence-corrected chi connectivity index (χ1v) is 8.78. The van der Waals surface area contributed by atoms with Crippen molar-refractivity contribution < 1.29 is 19.1 Å². The summed E-state index contributed by atoms with van der Waals surface area (Å²) >= 11 is 0. The molecule has 1 saturated heterocycles.